The molecule has 0 fully saturated rings. The quantitative estimate of drug-likeness (QED) is 0.621. The number of sulfonamides is 1. The van der Waals surface area contributed by atoms with E-state index in [0.29, 0.717) is 5.56 Å². The van der Waals surface area contributed by atoms with Crippen molar-refractivity contribution in [2.75, 3.05) is 7.05 Å². The van der Waals surface area contributed by atoms with Gasteiger partial charge in [-0.15, -0.1) is 0 Å². The molecule has 1 unspecified atom stereocenters. The van der Waals surface area contributed by atoms with Crippen LogP contribution in [-0.4, -0.2) is 24.7 Å². The van der Waals surface area contributed by atoms with Gasteiger partial charge in [0, 0.05) is 24.7 Å². The first-order valence-corrected chi connectivity index (χ1v) is 8.47. The molecule has 6 nitrogen and oxygen atoms in total. The summed E-state index contributed by atoms with van der Waals surface area (Å²) in [4.78, 5) is 10.4. The zero-order valence-corrected chi connectivity index (χ0v) is 13.9. The summed E-state index contributed by atoms with van der Waals surface area (Å²) >= 11 is 0. The van der Waals surface area contributed by atoms with Crippen LogP contribution in [0.25, 0.3) is 0 Å². The molecule has 0 aliphatic rings. The zero-order chi connectivity index (χ0) is 17.2. The molecule has 7 heteroatoms. The summed E-state index contributed by atoms with van der Waals surface area (Å²) in [5.74, 6) is 0. The number of hydrogen-bond acceptors (Lipinski definition) is 4. The lowest BCUT2D eigenvalue weighted by Gasteiger charge is -2.24. The summed E-state index contributed by atoms with van der Waals surface area (Å²) in [5, 5.41) is 11.0. The predicted octanol–water partition coefficient (Wildman–Crippen LogP) is 3.28. The third-order valence-electron chi connectivity index (χ3n) is 3.88. The van der Waals surface area contributed by atoms with Crippen LogP contribution in [0.5, 0.6) is 0 Å². The molecule has 0 spiro atoms. The van der Waals surface area contributed by atoms with Crippen LogP contribution in [0.15, 0.2) is 53.4 Å². The van der Waals surface area contributed by atoms with Crippen molar-refractivity contribution in [2.45, 2.75) is 24.8 Å². The smallest absolute Gasteiger partial charge is 0.258 e. The normalized spacial score (nSPS) is 13.0. The standard InChI is InChI=1S/C16H18N2O4S/c1-12-9-10-15(11-16(12)18(19)20)23(21,22)17(3)13(2)14-7-5-4-6-8-14/h4-11,13H,1-3H3. The molecule has 0 aliphatic carbocycles. The molecule has 0 N–H and O–H groups in total. The number of benzene rings is 2. The summed E-state index contributed by atoms with van der Waals surface area (Å²) < 4.78 is 26.7. The molecule has 0 aromatic heterocycles. The molecule has 2 aromatic carbocycles. The van der Waals surface area contributed by atoms with Gasteiger partial charge in [-0.25, -0.2) is 8.42 Å². The van der Waals surface area contributed by atoms with Crippen molar-refractivity contribution in [3.8, 4) is 0 Å². The molecule has 0 saturated carbocycles. The lowest BCUT2D eigenvalue weighted by atomic mass is 10.1. The minimum Gasteiger partial charge on any atom is -0.258 e. The number of hydrogen-bond donors (Lipinski definition) is 0. The maximum atomic E-state index is 12.7. The Morgan fingerprint density at radius 2 is 1.74 bits per heavy atom. The molecule has 1 atom stereocenters. The topological polar surface area (TPSA) is 80.5 Å². The third kappa shape index (κ3) is 3.40. The first-order valence-electron chi connectivity index (χ1n) is 7.03. The van der Waals surface area contributed by atoms with Crippen LogP contribution >= 0.6 is 0 Å². The number of nitro benzene ring substituents is 1. The van der Waals surface area contributed by atoms with Crippen molar-refractivity contribution in [3.63, 3.8) is 0 Å². The van der Waals surface area contributed by atoms with Crippen molar-refractivity contribution < 1.29 is 13.3 Å². The average Bonchev–Trinajstić information content (AvgIpc) is 2.54. The van der Waals surface area contributed by atoms with Gasteiger partial charge < -0.3 is 0 Å². The third-order valence-corrected chi connectivity index (χ3v) is 5.81. The molecule has 2 aromatic rings. The monoisotopic (exact) mass is 334 g/mol. The van der Waals surface area contributed by atoms with Crippen LogP contribution in [0.1, 0.15) is 24.1 Å². The van der Waals surface area contributed by atoms with E-state index in [0.717, 1.165) is 11.6 Å². The predicted molar refractivity (Wildman–Crippen MR) is 87.6 cm³/mol. The van der Waals surface area contributed by atoms with E-state index in [1.807, 2.05) is 30.3 Å². The molecule has 0 heterocycles. The van der Waals surface area contributed by atoms with Gasteiger partial charge in [0.15, 0.2) is 0 Å². The second kappa shape index (κ2) is 6.47. The van der Waals surface area contributed by atoms with E-state index >= 15 is 0 Å². The fraction of sp³-hybridized carbons (Fsp3) is 0.250. The molecule has 0 radical (unpaired) electrons. The maximum absolute atomic E-state index is 12.7. The van der Waals surface area contributed by atoms with Crippen molar-refractivity contribution in [2.24, 2.45) is 0 Å². The number of nitro groups is 1. The Balaban J connectivity index is 2.42. The summed E-state index contributed by atoms with van der Waals surface area (Å²) in [6, 6.07) is 12.8. The second-order valence-electron chi connectivity index (χ2n) is 5.31. The Kier molecular flexibility index (Phi) is 4.82. The number of nitrogens with zero attached hydrogens (tertiary/aromatic N) is 2. The van der Waals surface area contributed by atoms with E-state index in [1.165, 1.54) is 23.5 Å². The van der Waals surface area contributed by atoms with Gasteiger partial charge in [0.25, 0.3) is 5.69 Å². The SMILES string of the molecule is Cc1ccc(S(=O)(=O)N(C)C(C)c2ccccc2)cc1[N+](=O)[O-]. The van der Waals surface area contributed by atoms with Gasteiger partial charge in [0.2, 0.25) is 10.0 Å². The average molecular weight is 334 g/mol. The lowest BCUT2D eigenvalue weighted by molar-refractivity contribution is -0.385. The van der Waals surface area contributed by atoms with Gasteiger partial charge in [-0.2, -0.15) is 4.31 Å². The van der Waals surface area contributed by atoms with E-state index in [9.17, 15) is 18.5 Å². The summed E-state index contributed by atoms with van der Waals surface area (Å²) in [6.07, 6.45) is 0. The Labute approximate surface area is 135 Å². The highest BCUT2D eigenvalue weighted by atomic mass is 32.2. The molecule has 0 saturated heterocycles. The largest absolute Gasteiger partial charge is 0.273 e. The van der Waals surface area contributed by atoms with Crippen LogP contribution in [-0.2, 0) is 10.0 Å². The van der Waals surface area contributed by atoms with E-state index in [4.69, 9.17) is 0 Å². The Hall–Kier alpha value is -2.25. The van der Waals surface area contributed by atoms with E-state index in [-0.39, 0.29) is 16.6 Å². The Morgan fingerprint density at radius 1 is 1.13 bits per heavy atom. The van der Waals surface area contributed by atoms with Crippen LogP contribution in [0.4, 0.5) is 5.69 Å². The van der Waals surface area contributed by atoms with Crippen molar-refractivity contribution >= 4 is 15.7 Å². The van der Waals surface area contributed by atoms with E-state index in [1.54, 1.807) is 13.8 Å². The molecule has 23 heavy (non-hydrogen) atoms. The van der Waals surface area contributed by atoms with Gasteiger partial charge in [-0.05, 0) is 25.5 Å². The van der Waals surface area contributed by atoms with Gasteiger partial charge in [0.1, 0.15) is 0 Å². The van der Waals surface area contributed by atoms with Crippen LogP contribution < -0.4 is 0 Å². The van der Waals surface area contributed by atoms with Crippen LogP contribution in [0.2, 0.25) is 0 Å². The lowest BCUT2D eigenvalue weighted by Crippen LogP contribution is -2.29. The second-order valence-corrected chi connectivity index (χ2v) is 7.31. The van der Waals surface area contributed by atoms with Gasteiger partial charge >= 0.3 is 0 Å². The first kappa shape index (κ1) is 17.1. The first-order chi connectivity index (χ1) is 10.7. The molecular formula is C16H18N2O4S. The van der Waals surface area contributed by atoms with E-state index in [2.05, 4.69) is 0 Å². The van der Waals surface area contributed by atoms with E-state index < -0.39 is 14.9 Å². The Morgan fingerprint density at radius 3 is 2.30 bits per heavy atom. The highest BCUT2D eigenvalue weighted by molar-refractivity contribution is 7.89. The Bertz CT molecular complexity index is 819. The highest BCUT2D eigenvalue weighted by Crippen LogP contribution is 2.28. The number of rotatable bonds is 5. The summed E-state index contributed by atoms with van der Waals surface area (Å²) in [7, 11) is -2.36. The van der Waals surface area contributed by atoms with Crippen LogP contribution in [0.3, 0.4) is 0 Å². The molecule has 0 aliphatic heterocycles. The number of aryl methyl sites for hydroxylation is 1. The molecule has 0 amide bonds. The van der Waals surface area contributed by atoms with Gasteiger partial charge in [-0.3, -0.25) is 10.1 Å². The van der Waals surface area contributed by atoms with Gasteiger partial charge in [-0.1, -0.05) is 36.4 Å². The molecule has 2 rings (SSSR count). The van der Waals surface area contributed by atoms with Crippen LogP contribution in [0, 0.1) is 17.0 Å². The molecular weight excluding hydrogens is 316 g/mol. The van der Waals surface area contributed by atoms with Crippen molar-refractivity contribution in [1.82, 2.24) is 4.31 Å². The fourth-order valence-corrected chi connectivity index (χ4v) is 3.63. The molecule has 0 bridgehead atoms. The maximum Gasteiger partial charge on any atom is 0.273 e. The summed E-state index contributed by atoms with van der Waals surface area (Å²) in [6.45, 7) is 3.35. The van der Waals surface area contributed by atoms with Crippen molar-refractivity contribution in [1.29, 1.82) is 0 Å². The zero-order valence-electron chi connectivity index (χ0n) is 13.1. The minimum atomic E-state index is -3.83. The van der Waals surface area contributed by atoms with Crippen molar-refractivity contribution in [3.05, 3.63) is 69.8 Å². The highest BCUT2D eigenvalue weighted by Gasteiger charge is 2.28. The minimum absolute atomic E-state index is 0.0833. The molecule has 122 valence electrons. The summed E-state index contributed by atoms with van der Waals surface area (Å²) in [5.41, 5.74) is 1.07. The fourth-order valence-electron chi connectivity index (χ4n) is 2.26. The van der Waals surface area contributed by atoms with Gasteiger partial charge in [0.05, 0.1) is 9.82 Å².